The molecule has 3 nitrogen and oxygen atoms in total. The largest absolute Gasteiger partial charge is 0.370 e. The summed E-state index contributed by atoms with van der Waals surface area (Å²) in [7, 11) is 0. The second-order valence-electron chi connectivity index (χ2n) is 3.81. The maximum Gasteiger partial charge on any atom is 0.188 e. The van der Waals surface area contributed by atoms with Crippen molar-refractivity contribution in [3.63, 3.8) is 0 Å². The molecule has 0 bridgehead atoms. The molecule has 8 heteroatoms. The van der Waals surface area contributed by atoms with Crippen LogP contribution >= 0.6 is 69.9 Å². The second kappa shape index (κ2) is 9.09. The summed E-state index contributed by atoms with van der Waals surface area (Å²) in [5.74, 6) is 0.426. The first-order valence-electron chi connectivity index (χ1n) is 5.65. The zero-order chi connectivity index (χ0) is 13.7. The van der Waals surface area contributed by atoms with E-state index in [4.69, 9.17) is 28.9 Å². The summed E-state index contributed by atoms with van der Waals surface area (Å²) in [5, 5.41) is 5.14. The monoisotopic (exact) mass is 461 g/mol. The quantitative estimate of drug-likeness (QED) is 0.394. The number of rotatable bonds is 5. The van der Waals surface area contributed by atoms with Crippen molar-refractivity contribution in [1.82, 2.24) is 5.32 Å². The summed E-state index contributed by atoms with van der Waals surface area (Å²) in [6.07, 6.45) is 0.943. The Balaban J connectivity index is 0.00000200. The molecule has 2 rings (SSSR count). The van der Waals surface area contributed by atoms with Gasteiger partial charge in [0.25, 0.3) is 0 Å². The molecule has 110 valence electrons. The maximum atomic E-state index is 6.01. The van der Waals surface area contributed by atoms with Gasteiger partial charge in [-0.25, -0.2) is 4.99 Å². The molecule has 2 aromatic heterocycles. The van der Waals surface area contributed by atoms with Gasteiger partial charge in [-0.05, 0) is 23.9 Å². The Morgan fingerprint density at radius 2 is 2.20 bits per heavy atom. The van der Waals surface area contributed by atoms with Crippen LogP contribution in [0.3, 0.4) is 0 Å². The first kappa shape index (κ1) is 18.0. The van der Waals surface area contributed by atoms with E-state index < -0.39 is 0 Å². The van der Waals surface area contributed by atoms with E-state index in [1.165, 1.54) is 16.2 Å². The molecule has 0 radical (unpaired) electrons. The lowest BCUT2D eigenvalue weighted by molar-refractivity contribution is 0.857. The van der Waals surface area contributed by atoms with Gasteiger partial charge in [-0.1, -0.05) is 29.3 Å². The van der Waals surface area contributed by atoms with E-state index in [9.17, 15) is 0 Å². The third kappa shape index (κ3) is 5.77. The van der Waals surface area contributed by atoms with E-state index in [0.717, 1.165) is 18.5 Å². The summed E-state index contributed by atoms with van der Waals surface area (Å²) in [6, 6.07) is 5.96. The molecule has 2 heterocycles. The van der Waals surface area contributed by atoms with Gasteiger partial charge in [0.05, 0.1) is 15.2 Å². The SMILES string of the molecule is I.NC(=NCc1cc(Cl)sc1Cl)NCCc1cccs1. The highest BCUT2D eigenvalue weighted by atomic mass is 127. The predicted molar refractivity (Wildman–Crippen MR) is 101 cm³/mol. The molecule has 0 spiro atoms. The molecule has 3 N–H and O–H groups in total. The smallest absolute Gasteiger partial charge is 0.188 e. The molecular weight excluding hydrogens is 448 g/mol. The van der Waals surface area contributed by atoms with E-state index in [0.29, 0.717) is 21.2 Å². The van der Waals surface area contributed by atoms with Crippen LogP contribution in [0.25, 0.3) is 0 Å². The zero-order valence-corrected chi connectivity index (χ0v) is 15.9. The molecule has 0 aromatic carbocycles. The van der Waals surface area contributed by atoms with Crippen LogP contribution in [0.4, 0.5) is 0 Å². The third-order valence-corrected chi connectivity index (χ3v) is 4.91. The Morgan fingerprint density at radius 3 is 2.80 bits per heavy atom. The van der Waals surface area contributed by atoms with Crippen molar-refractivity contribution in [1.29, 1.82) is 0 Å². The number of aliphatic imine (C=N–C) groups is 1. The Bertz CT molecular complexity index is 555. The fourth-order valence-electron chi connectivity index (χ4n) is 1.48. The minimum atomic E-state index is 0. The van der Waals surface area contributed by atoms with Crippen LogP contribution in [0.2, 0.25) is 8.67 Å². The number of nitrogens with two attached hydrogens (primary N) is 1. The fourth-order valence-corrected chi connectivity index (χ4v) is 3.66. The number of nitrogens with one attached hydrogen (secondary N) is 1. The van der Waals surface area contributed by atoms with Crippen molar-refractivity contribution in [2.24, 2.45) is 10.7 Å². The molecule has 2 aromatic rings. The van der Waals surface area contributed by atoms with Crippen LogP contribution in [0.5, 0.6) is 0 Å². The summed E-state index contributed by atoms with van der Waals surface area (Å²) in [6.45, 7) is 1.22. The summed E-state index contributed by atoms with van der Waals surface area (Å²) in [4.78, 5) is 5.56. The lowest BCUT2D eigenvalue weighted by Crippen LogP contribution is -2.33. The van der Waals surface area contributed by atoms with E-state index in [1.54, 1.807) is 11.3 Å². The molecule has 0 aliphatic carbocycles. The highest BCUT2D eigenvalue weighted by Crippen LogP contribution is 2.31. The van der Waals surface area contributed by atoms with Crippen LogP contribution in [0.1, 0.15) is 10.4 Å². The van der Waals surface area contributed by atoms with Gasteiger partial charge in [-0.2, -0.15) is 0 Å². The van der Waals surface area contributed by atoms with E-state index >= 15 is 0 Å². The van der Waals surface area contributed by atoms with Crippen LogP contribution in [0, 0.1) is 0 Å². The average molecular weight is 462 g/mol. The van der Waals surface area contributed by atoms with Gasteiger partial charge in [0.15, 0.2) is 5.96 Å². The predicted octanol–water partition coefficient (Wildman–Crippen LogP) is 4.38. The lowest BCUT2D eigenvalue weighted by atomic mass is 10.3. The minimum absolute atomic E-state index is 0. The van der Waals surface area contributed by atoms with Gasteiger partial charge < -0.3 is 11.1 Å². The highest BCUT2D eigenvalue weighted by molar-refractivity contribution is 14.0. The fraction of sp³-hybridized carbons (Fsp3) is 0.250. The number of halogens is 3. The minimum Gasteiger partial charge on any atom is -0.370 e. The van der Waals surface area contributed by atoms with Crippen molar-refractivity contribution >= 4 is 75.8 Å². The maximum absolute atomic E-state index is 6.01. The van der Waals surface area contributed by atoms with Crippen molar-refractivity contribution < 1.29 is 0 Å². The first-order chi connectivity index (χ1) is 9.15. The number of thiophene rings is 2. The average Bonchev–Trinajstić information content (AvgIpc) is 2.97. The van der Waals surface area contributed by atoms with Gasteiger partial charge >= 0.3 is 0 Å². The van der Waals surface area contributed by atoms with Crippen molar-refractivity contribution in [3.05, 3.63) is 42.7 Å². The summed E-state index contributed by atoms with van der Waals surface area (Å²) < 4.78 is 1.33. The zero-order valence-electron chi connectivity index (χ0n) is 10.4. The van der Waals surface area contributed by atoms with Crippen LogP contribution in [-0.4, -0.2) is 12.5 Å². The second-order valence-corrected chi connectivity index (χ2v) is 7.12. The molecule has 0 aliphatic heterocycles. The molecule has 0 saturated heterocycles. The molecule has 0 amide bonds. The van der Waals surface area contributed by atoms with Gasteiger partial charge in [0.2, 0.25) is 0 Å². The molecule has 0 aliphatic rings. The Hall–Kier alpha value is -0.0200. The van der Waals surface area contributed by atoms with E-state index in [-0.39, 0.29) is 24.0 Å². The number of hydrogen-bond donors (Lipinski definition) is 2. The molecular formula is C12H14Cl2IN3S2. The van der Waals surface area contributed by atoms with Crippen LogP contribution < -0.4 is 11.1 Å². The first-order valence-corrected chi connectivity index (χ1v) is 8.10. The van der Waals surface area contributed by atoms with Gasteiger partial charge in [0, 0.05) is 17.0 Å². The van der Waals surface area contributed by atoms with E-state index in [2.05, 4.69) is 21.8 Å². The molecule has 0 unspecified atom stereocenters. The number of guanidine groups is 1. The Morgan fingerprint density at radius 1 is 1.40 bits per heavy atom. The molecule has 20 heavy (non-hydrogen) atoms. The standard InChI is InChI=1S/C12H13Cl2N3S2.HI/c13-10-6-8(11(14)19-10)7-17-12(15)16-4-3-9-2-1-5-18-9;/h1-2,5-6H,3-4,7H2,(H3,15,16,17);1H. The third-order valence-electron chi connectivity index (χ3n) is 2.40. The molecule has 0 fully saturated rings. The van der Waals surface area contributed by atoms with Gasteiger partial charge in [0.1, 0.15) is 0 Å². The summed E-state index contributed by atoms with van der Waals surface area (Å²) >= 11 is 14.9. The van der Waals surface area contributed by atoms with E-state index in [1.807, 2.05) is 12.1 Å². The van der Waals surface area contributed by atoms with Crippen LogP contribution in [-0.2, 0) is 13.0 Å². The van der Waals surface area contributed by atoms with Crippen molar-refractivity contribution in [2.45, 2.75) is 13.0 Å². The Labute approximate surface area is 153 Å². The van der Waals surface area contributed by atoms with Crippen molar-refractivity contribution in [2.75, 3.05) is 6.54 Å². The van der Waals surface area contributed by atoms with Crippen LogP contribution in [0.15, 0.2) is 28.6 Å². The number of hydrogen-bond acceptors (Lipinski definition) is 3. The topological polar surface area (TPSA) is 50.4 Å². The highest BCUT2D eigenvalue weighted by Gasteiger charge is 2.05. The molecule has 0 atom stereocenters. The lowest BCUT2D eigenvalue weighted by Gasteiger charge is -2.04. The van der Waals surface area contributed by atoms with Gasteiger partial charge in [-0.15, -0.1) is 46.7 Å². The summed E-state index contributed by atoms with van der Waals surface area (Å²) in [5.41, 5.74) is 6.69. The Kier molecular flexibility index (Phi) is 8.20. The van der Waals surface area contributed by atoms with Crippen molar-refractivity contribution in [3.8, 4) is 0 Å². The van der Waals surface area contributed by atoms with Gasteiger partial charge in [-0.3, -0.25) is 0 Å². The molecule has 0 saturated carbocycles. The normalized spacial score (nSPS) is 11.2. The number of nitrogens with zero attached hydrogens (tertiary/aromatic N) is 1.